The molecule has 0 amide bonds. The van der Waals surface area contributed by atoms with Crippen LogP contribution in [-0.2, 0) is 6.54 Å². The van der Waals surface area contributed by atoms with Gasteiger partial charge in [-0.2, -0.15) is 0 Å². The Morgan fingerprint density at radius 2 is 2.12 bits per heavy atom. The fraction of sp³-hybridized carbons (Fsp3) is 0.333. The van der Waals surface area contributed by atoms with E-state index in [1.54, 1.807) is 0 Å². The molecule has 0 fully saturated rings. The summed E-state index contributed by atoms with van der Waals surface area (Å²) in [6.45, 7) is 4.94. The summed E-state index contributed by atoms with van der Waals surface area (Å²) in [5.74, 6) is 0. The maximum Gasteiger partial charge on any atom is 0.0969 e. The Morgan fingerprint density at radius 1 is 1.31 bits per heavy atom. The molecule has 4 heteroatoms. The molecule has 16 heavy (non-hydrogen) atoms. The van der Waals surface area contributed by atoms with E-state index < -0.39 is 0 Å². The molecule has 0 atom stereocenters. The van der Waals surface area contributed by atoms with Gasteiger partial charge in [0.15, 0.2) is 0 Å². The number of hydrogen-bond acceptors (Lipinski definition) is 3. The fourth-order valence-corrected chi connectivity index (χ4v) is 1.66. The number of aromatic nitrogens is 3. The number of hydrogen-bond donors (Lipinski definition) is 1. The molecule has 1 aromatic carbocycles. The molecule has 0 aliphatic rings. The van der Waals surface area contributed by atoms with Crippen LogP contribution in [0.15, 0.2) is 24.4 Å². The van der Waals surface area contributed by atoms with Gasteiger partial charge in [0.25, 0.3) is 0 Å². The number of rotatable bonds is 3. The van der Waals surface area contributed by atoms with Gasteiger partial charge in [-0.05, 0) is 38.1 Å². The second-order valence-electron chi connectivity index (χ2n) is 3.90. The minimum atomic E-state index is 0.741. The highest BCUT2D eigenvalue weighted by atomic mass is 15.4. The highest BCUT2D eigenvalue weighted by molar-refractivity contribution is 5.43. The van der Waals surface area contributed by atoms with Gasteiger partial charge in [0.1, 0.15) is 0 Å². The van der Waals surface area contributed by atoms with E-state index in [1.165, 1.54) is 11.1 Å². The van der Waals surface area contributed by atoms with Crippen molar-refractivity contribution in [3.05, 3.63) is 41.2 Å². The zero-order valence-corrected chi connectivity index (χ0v) is 9.86. The van der Waals surface area contributed by atoms with Crippen LogP contribution in [0.1, 0.15) is 16.8 Å². The highest BCUT2D eigenvalue weighted by Gasteiger charge is 2.05. The molecule has 4 nitrogen and oxygen atoms in total. The molecule has 1 heterocycles. The zero-order chi connectivity index (χ0) is 11.5. The molecule has 1 aromatic heterocycles. The zero-order valence-electron chi connectivity index (χ0n) is 9.86. The summed E-state index contributed by atoms with van der Waals surface area (Å²) in [4.78, 5) is 0. The molecule has 2 rings (SSSR count). The molecule has 84 valence electrons. The second kappa shape index (κ2) is 4.45. The average molecular weight is 216 g/mol. The third-order valence-electron chi connectivity index (χ3n) is 2.72. The van der Waals surface area contributed by atoms with Gasteiger partial charge in [-0.25, -0.2) is 4.68 Å². The molecule has 2 aromatic rings. The lowest BCUT2D eigenvalue weighted by Crippen LogP contribution is -2.05. The van der Waals surface area contributed by atoms with Crippen molar-refractivity contribution < 1.29 is 0 Å². The van der Waals surface area contributed by atoms with Gasteiger partial charge in [0.2, 0.25) is 0 Å². The van der Waals surface area contributed by atoms with Gasteiger partial charge in [0.05, 0.1) is 17.6 Å². The summed E-state index contributed by atoms with van der Waals surface area (Å²) in [6, 6.07) is 6.20. The summed E-state index contributed by atoms with van der Waals surface area (Å²) >= 11 is 0. The lowest BCUT2D eigenvalue weighted by Gasteiger charge is -2.06. The maximum atomic E-state index is 4.13. The van der Waals surface area contributed by atoms with Crippen molar-refractivity contribution in [2.24, 2.45) is 0 Å². The first-order valence-electron chi connectivity index (χ1n) is 5.35. The molecule has 0 aliphatic carbocycles. The van der Waals surface area contributed by atoms with E-state index in [0.29, 0.717) is 0 Å². The summed E-state index contributed by atoms with van der Waals surface area (Å²) in [5, 5.41) is 11.3. The number of aryl methyl sites for hydroxylation is 1. The van der Waals surface area contributed by atoms with Crippen LogP contribution in [0.4, 0.5) is 0 Å². The minimum Gasteiger partial charge on any atom is -0.314 e. The molecule has 1 N–H and O–H groups in total. The van der Waals surface area contributed by atoms with E-state index in [-0.39, 0.29) is 0 Å². The van der Waals surface area contributed by atoms with Gasteiger partial charge in [-0.1, -0.05) is 17.3 Å². The van der Waals surface area contributed by atoms with Crippen molar-refractivity contribution in [3.63, 3.8) is 0 Å². The molecular weight excluding hydrogens is 200 g/mol. The van der Waals surface area contributed by atoms with Crippen LogP contribution in [0.2, 0.25) is 0 Å². The molecule has 0 bridgehead atoms. The standard InChI is InChI=1S/C12H16N4/c1-9-5-4-6-12(10(9)2)16-8-11(7-13-3)14-15-16/h4-6,8,13H,7H2,1-3H3. The van der Waals surface area contributed by atoms with Crippen LogP contribution in [0.5, 0.6) is 0 Å². The average Bonchev–Trinajstić information content (AvgIpc) is 2.71. The van der Waals surface area contributed by atoms with Crippen molar-refractivity contribution in [1.29, 1.82) is 0 Å². The predicted octanol–water partition coefficient (Wildman–Crippen LogP) is 1.60. The lowest BCUT2D eigenvalue weighted by molar-refractivity contribution is 0.765. The van der Waals surface area contributed by atoms with Crippen molar-refractivity contribution in [2.75, 3.05) is 7.05 Å². The third kappa shape index (κ3) is 1.97. The van der Waals surface area contributed by atoms with Gasteiger partial charge < -0.3 is 5.32 Å². The van der Waals surface area contributed by atoms with E-state index in [4.69, 9.17) is 0 Å². The number of nitrogens with zero attached hydrogens (tertiary/aromatic N) is 3. The summed E-state index contributed by atoms with van der Waals surface area (Å²) < 4.78 is 1.83. The Labute approximate surface area is 95.3 Å². The van der Waals surface area contributed by atoms with E-state index in [0.717, 1.165) is 17.9 Å². The fourth-order valence-electron chi connectivity index (χ4n) is 1.66. The molecule has 0 saturated heterocycles. The number of nitrogens with one attached hydrogen (secondary N) is 1. The molecule has 0 saturated carbocycles. The summed E-state index contributed by atoms with van der Waals surface area (Å²) in [6.07, 6.45) is 1.96. The Morgan fingerprint density at radius 3 is 2.88 bits per heavy atom. The van der Waals surface area contributed by atoms with E-state index in [9.17, 15) is 0 Å². The van der Waals surface area contributed by atoms with Gasteiger partial charge in [-0.15, -0.1) is 5.10 Å². The van der Waals surface area contributed by atoms with Crippen LogP contribution >= 0.6 is 0 Å². The summed E-state index contributed by atoms with van der Waals surface area (Å²) in [7, 11) is 1.90. The Hall–Kier alpha value is -1.68. The van der Waals surface area contributed by atoms with Crippen molar-refractivity contribution >= 4 is 0 Å². The van der Waals surface area contributed by atoms with Gasteiger partial charge in [-0.3, -0.25) is 0 Å². The Kier molecular flexibility index (Phi) is 3.01. The van der Waals surface area contributed by atoms with Gasteiger partial charge >= 0.3 is 0 Å². The SMILES string of the molecule is CNCc1cn(-c2cccc(C)c2C)nn1. The third-order valence-corrected chi connectivity index (χ3v) is 2.72. The maximum absolute atomic E-state index is 4.13. The molecule has 0 unspecified atom stereocenters. The van der Waals surface area contributed by atoms with Gasteiger partial charge in [0, 0.05) is 6.54 Å². The summed E-state index contributed by atoms with van der Waals surface area (Å²) in [5.41, 5.74) is 4.55. The van der Waals surface area contributed by atoms with Crippen molar-refractivity contribution in [1.82, 2.24) is 20.3 Å². The second-order valence-corrected chi connectivity index (χ2v) is 3.90. The first kappa shape index (κ1) is 10.8. The smallest absolute Gasteiger partial charge is 0.0969 e. The van der Waals surface area contributed by atoms with E-state index in [2.05, 4.69) is 41.6 Å². The Bertz CT molecular complexity index is 488. The molecule has 0 aliphatic heterocycles. The van der Waals surface area contributed by atoms with E-state index >= 15 is 0 Å². The van der Waals surface area contributed by atoms with Crippen LogP contribution in [-0.4, -0.2) is 22.0 Å². The lowest BCUT2D eigenvalue weighted by atomic mass is 10.1. The van der Waals surface area contributed by atoms with E-state index in [1.807, 2.05) is 24.0 Å². The van der Waals surface area contributed by atoms with Crippen LogP contribution < -0.4 is 5.32 Å². The molecule has 0 radical (unpaired) electrons. The Balaban J connectivity index is 2.39. The highest BCUT2D eigenvalue weighted by Crippen LogP contribution is 2.16. The van der Waals surface area contributed by atoms with Crippen LogP contribution in [0.3, 0.4) is 0 Å². The van der Waals surface area contributed by atoms with Crippen molar-refractivity contribution in [2.45, 2.75) is 20.4 Å². The van der Waals surface area contributed by atoms with Crippen molar-refractivity contribution in [3.8, 4) is 5.69 Å². The normalized spacial score (nSPS) is 10.7. The largest absolute Gasteiger partial charge is 0.314 e. The quantitative estimate of drug-likeness (QED) is 0.847. The minimum absolute atomic E-state index is 0.741. The first-order chi connectivity index (χ1) is 7.72. The molecule has 0 spiro atoms. The predicted molar refractivity (Wildman–Crippen MR) is 63.6 cm³/mol. The topological polar surface area (TPSA) is 42.7 Å². The molecular formula is C12H16N4. The first-order valence-corrected chi connectivity index (χ1v) is 5.35. The van der Waals surface area contributed by atoms with Crippen LogP contribution in [0, 0.1) is 13.8 Å². The van der Waals surface area contributed by atoms with Crippen LogP contribution in [0.25, 0.3) is 5.69 Å². The monoisotopic (exact) mass is 216 g/mol. The number of benzene rings is 1.